The van der Waals surface area contributed by atoms with Crippen LogP contribution in [-0.2, 0) is 22.4 Å². The molecule has 2 aromatic rings. The minimum Gasteiger partial charge on any atom is -0.480 e. The molecule has 0 heterocycles. The van der Waals surface area contributed by atoms with E-state index in [-0.39, 0.29) is 52.2 Å². The molecule has 2 aromatic carbocycles. The van der Waals surface area contributed by atoms with Gasteiger partial charge in [-0.2, -0.15) is 0 Å². The molecular formula is C25H28Cl2N4O4. The van der Waals surface area contributed by atoms with E-state index in [1.54, 1.807) is 30.3 Å². The monoisotopic (exact) mass is 518 g/mol. The topological polar surface area (TPSA) is 148 Å². The molecule has 186 valence electrons. The summed E-state index contributed by atoms with van der Waals surface area (Å²) in [6.45, 7) is 0. The maximum Gasteiger partial charge on any atom is 0.326 e. The number of hydrogen-bond acceptors (Lipinski definition) is 4. The molecule has 6 N–H and O–H groups in total. The molecule has 3 rings (SSSR count). The second-order valence-electron chi connectivity index (χ2n) is 8.70. The Balaban J connectivity index is 1.61. The minimum absolute atomic E-state index is 0.0195. The standard InChI is InChI=1S/C25H28Cl2N4O4/c26-18-5-2-6-19(27)22(18)23(33)31-20(24(34)35)11-14-7-9-15(10-8-14)12-21(32)16-3-1-4-17(13-16)30-25(28)29/h2,5-10,16-17,20H,1,3-4,11-13H2,(H,31,33)(H,34,35)(H4,28,29,30)/t16-,17+,20-/m0/s1. The van der Waals surface area contributed by atoms with E-state index in [4.69, 9.17) is 34.7 Å². The van der Waals surface area contributed by atoms with Crippen LogP contribution in [0.2, 0.25) is 10.0 Å². The SMILES string of the molecule is NC(N)=N[C@@H]1CCC[C@H](C(=O)Cc2ccc(C[C@H](NC(=O)c3c(Cl)cccc3Cl)C(=O)O)cc2)C1. The van der Waals surface area contributed by atoms with Gasteiger partial charge in [-0.05, 0) is 42.5 Å². The van der Waals surface area contributed by atoms with Crippen LogP contribution >= 0.6 is 23.2 Å². The molecule has 3 atom stereocenters. The Bertz CT molecular complexity index is 1100. The Hall–Kier alpha value is -3.10. The smallest absolute Gasteiger partial charge is 0.326 e. The zero-order chi connectivity index (χ0) is 25.5. The van der Waals surface area contributed by atoms with Crippen LogP contribution in [0.25, 0.3) is 0 Å². The number of halogens is 2. The average Bonchev–Trinajstić information content (AvgIpc) is 2.79. The molecule has 1 fully saturated rings. The van der Waals surface area contributed by atoms with Gasteiger partial charge in [0.2, 0.25) is 0 Å². The van der Waals surface area contributed by atoms with Crippen LogP contribution in [-0.4, -0.2) is 40.8 Å². The Morgan fingerprint density at radius 1 is 1.03 bits per heavy atom. The van der Waals surface area contributed by atoms with Gasteiger partial charge >= 0.3 is 5.97 Å². The summed E-state index contributed by atoms with van der Waals surface area (Å²) in [4.78, 5) is 41.4. The van der Waals surface area contributed by atoms with Gasteiger partial charge in [0.05, 0.1) is 21.7 Å². The molecule has 0 radical (unpaired) electrons. The number of aliphatic imine (C=N–C) groups is 1. The fourth-order valence-electron chi connectivity index (χ4n) is 4.30. The highest BCUT2D eigenvalue weighted by molar-refractivity contribution is 6.39. The van der Waals surface area contributed by atoms with Crippen molar-refractivity contribution in [2.75, 3.05) is 0 Å². The largest absolute Gasteiger partial charge is 0.480 e. The van der Waals surface area contributed by atoms with Crippen LogP contribution in [0.4, 0.5) is 0 Å². The first-order chi connectivity index (χ1) is 16.6. The molecule has 0 aliphatic heterocycles. The summed E-state index contributed by atoms with van der Waals surface area (Å²) in [6, 6.07) is 10.5. The Kier molecular flexibility index (Phi) is 9.12. The molecular weight excluding hydrogens is 491 g/mol. The van der Waals surface area contributed by atoms with Gasteiger partial charge in [-0.1, -0.05) is 60.0 Å². The fraction of sp³-hybridized carbons (Fsp3) is 0.360. The number of nitrogens with zero attached hydrogens (tertiary/aromatic N) is 1. The van der Waals surface area contributed by atoms with Gasteiger partial charge in [0.1, 0.15) is 11.8 Å². The highest BCUT2D eigenvalue weighted by Crippen LogP contribution is 2.28. The third-order valence-electron chi connectivity index (χ3n) is 6.07. The number of aliphatic carboxylic acids is 1. The second kappa shape index (κ2) is 12.0. The summed E-state index contributed by atoms with van der Waals surface area (Å²) in [7, 11) is 0. The predicted octanol–water partition coefficient (Wildman–Crippen LogP) is 3.36. The third-order valence-corrected chi connectivity index (χ3v) is 6.70. The summed E-state index contributed by atoms with van der Waals surface area (Å²) >= 11 is 12.1. The van der Waals surface area contributed by atoms with Crippen molar-refractivity contribution in [2.24, 2.45) is 22.4 Å². The van der Waals surface area contributed by atoms with Crippen molar-refractivity contribution >= 4 is 46.8 Å². The van der Waals surface area contributed by atoms with E-state index in [1.807, 2.05) is 0 Å². The molecule has 1 amide bonds. The fourth-order valence-corrected chi connectivity index (χ4v) is 4.87. The van der Waals surface area contributed by atoms with Crippen LogP contribution in [0, 0.1) is 5.92 Å². The number of carbonyl (C=O) groups is 3. The third kappa shape index (κ3) is 7.44. The zero-order valence-electron chi connectivity index (χ0n) is 19.0. The van der Waals surface area contributed by atoms with E-state index in [1.165, 1.54) is 12.1 Å². The van der Waals surface area contributed by atoms with Crippen LogP contribution in [0.15, 0.2) is 47.5 Å². The van der Waals surface area contributed by atoms with E-state index in [9.17, 15) is 19.5 Å². The first-order valence-corrected chi connectivity index (χ1v) is 12.1. The maximum atomic E-state index is 12.8. The predicted molar refractivity (Wildman–Crippen MR) is 136 cm³/mol. The summed E-state index contributed by atoms with van der Waals surface area (Å²) < 4.78 is 0. The van der Waals surface area contributed by atoms with Crippen molar-refractivity contribution in [3.8, 4) is 0 Å². The quantitative estimate of drug-likeness (QED) is 0.295. The first kappa shape index (κ1) is 26.5. The molecule has 10 heteroatoms. The number of Topliss-reactive ketones (excluding diaryl/α,β-unsaturated/α-hetero) is 1. The normalized spacial score (nSPS) is 18.3. The highest BCUT2D eigenvalue weighted by atomic mass is 35.5. The van der Waals surface area contributed by atoms with Gasteiger partial charge in [-0.25, -0.2) is 4.79 Å². The highest BCUT2D eigenvalue weighted by Gasteiger charge is 2.27. The summed E-state index contributed by atoms with van der Waals surface area (Å²) in [6.07, 6.45) is 3.58. The molecule has 1 aliphatic rings. The zero-order valence-corrected chi connectivity index (χ0v) is 20.6. The molecule has 1 saturated carbocycles. The number of benzene rings is 2. The van der Waals surface area contributed by atoms with Gasteiger partial charge in [0, 0.05) is 18.8 Å². The second-order valence-corrected chi connectivity index (χ2v) is 9.51. The van der Waals surface area contributed by atoms with Gasteiger partial charge in [0.15, 0.2) is 5.96 Å². The average molecular weight is 519 g/mol. The van der Waals surface area contributed by atoms with Crippen molar-refractivity contribution in [2.45, 2.75) is 50.6 Å². The number of ketones is 1. The summed E-state index contributed by atoms with van der Waals surface area (Å²) in [5.41, 5.74) is 12.5. The van der Waals surface area contributed by atoms with Gasteiger partial charge in [-0.15, -0.1) is 0 Å². The number of rotatable bonds is 9. The van der Waals surface area contributed by atoms with Crippen LogP contribution in [0.3, 0.4) is 0 Å². The number of amides is 1. The van der Waals surface area contributed by atoms with E-state index in [0.717, 1.165) is 24.8 Å². The lowest BCUT2D eigenvalue weighted by Crippen LogP contribution is -2.42. The van der Waals surface area contributed by atoms with E-state index < -0.39 is 17.9 Å². The van der Waals surface area contributed by atoms with E-state index in [0.29, 0.717) is 12.0 Å². The molecule has 0 unspecified atom stereocenters. The van der Waals surface area contributed by atoms with E-state index in [2.05, 4.69) is 10.3 Å². The van der Waals surface area contributed by atoms with Crippen molar-refractivity contribution in [3.05, 3.63) is 69.2 Å². The molecule has 1 aliphatic carbocycles. The molecule has 0 spiro atoms. The van der Waals surface area contributed by atoms with Crippen LogP contribution in [0.1, 0.15) is 47.2 Å². The molecule has 0 bridgehead atoms. The lowest BCUT2D eigenvalue weighted by atomic mass is 9.81. The lowest BCUT2D eigenvalue weighted by molar-refractivity contribution is -0.139. The lowest BCUT2D eigenvalue weighted by Gasteiger charge is -2.26. The van der Waals surface area contributed by atoms with E-state index >= 15 is 0 Å². The minimum atomic E-state index is -1.19. The van der Waals surface area contributed by atoms with Gasteiger partial charge in [0.25, 0.3) is 5.91 Å². The maximum absolute atomic E-state index is 12.8. The number of nitrogens with one attached hydrogen (secondary N) is 1. The number of guanidine groups is 1. The van der Waals surface area contributed by atoms with Crippen molar-refractivity contribution in [1.82, 2.24) is 5.32 Å². The van der Waals surface area contributed by atoms with Crippen molar-refractivity contribution < 1.29 is 19.5 Å². The Morgan fingerprint density at radius 3 is 2.26 bits per heavy atom. The van der Waals surface area contributed by atoms with Gasteiger partial charge in [-0.3, -0.25) is 14.6 Å². The van der Waals surface area contributed by atoms with Gasteiger partial charge < -0.3 is 21.9 Å². The molecule has 0 aromatic heterocycles. The van der Waals surface area contributed by atoms with Crippen LogP contribution < -0.4 is 16.8 Å². The Labute approximate surface area is 213 Å². The number of hydrogen-bond donors (Lipinski definition) is 4. The number of carboxylic acid groups (broad SMARTS) is 1. The molecule has 35 heavy (non-hydrogen) atoms. The first-order valence-electron chi connectivity index (χ1n) is 11.3. The van der Waals surface area contributed by atoms with Crippen molar-refractivity contribution in [3.63, 3.8) is 0 Å². The number of carboxylic acids is 1. The van der Waals surface area contributed by atoms with Crippen LogP contribution in [0.5, 0.6) is 0 Å². The summed E-state index contributed by atoms with van der Waals surface area (Å²) in [5, 5.41) is 12.4. The number of carbonyl (C=O) groups excluding carboxylic acids is 2. The summed E-state index contributed by atoms with van der Waals surface area (Å²) in [5.74, 6) is -1.75. The molecule has 0 saturated heterocycles. The number of nitrogens with two attached hydrogens (primary N) is 2. The van der Waals surface area contributed by atoms with Crippen molar-refractivity contribution in [1.29, 1.82) is 0 Å². The molecule has 8 nitrogen and oxygen atoms in total. The Morgan fingerprint density at radius 2 is 1.66 bits per heavy atom.